The van der Waals surface area contributed by atoms with Crippen molar-refractivity contribution < 1.29 is 4.92 Å². The van der Waals surface area contributed by atoms with Gasteiger partial charge in [-0.3, -0.25) is 10.1 Å². The first kappa shape index (κ1) is 12.3. The molecule has 0 saturated carbocycles. The summed E-state index contributed by atoms with van der Waals surface area (Å²) < 4.78 is 0. The summed E-state index contributed by atoms with van der Waals surface area (Å²) in [6.45, 7) is 0.789. The van der Waals surface area contributed by atoms with Crippen molar-refractivity contribution in [3.8, 4) is 11.1 Å². The Bertz CT molecular complexity index is 550. The predicted octanol–water partition coefficient (Wildman–Crippen LogP) is 2.98. The summed E-state index contributed by atoms with van der Waals surface area (Å²) in [4.78, 5) is 10.6. The summed E-state index contributed by atoms with van der Waals surface area (Å²) >= 11 is 0. The van der Waals surface area contributed by atoms with Crippen LogP contribution in [0.4, 0.5) is 5.69 Å². The van der Waals surface area contributed by atoms with Crippen molar-refractivity contribution in [2.24, 2.45) is 0 Å². The van der Waals surface area contributed by atoms with Crippen LogP contribution in [0.5, 0.6) is 0 Å². The summed E-state index contributed by atoms with van der Waals surface area (Å²) in [5.41, 5.74) is 2.80. The van der Waals surface area contributed by atoms with E-state index in [9.17, 15) is 10.1 Å². The number of nitro groups is 1. The SMILES string of the molecule is CNCc1ccc(-c2ccccc2[N+](=O)[O-])cc1. The molecule has 0 fully saturated rings. The number of nitro benzene ring substituents is 1. The molecule has 0 heterocycles. The Balaban J connectivity index is 2.39. The van der Waals surface area contributed by atoms with Crippen LogP contribution in [0.25, 0.3) is 11.1 Å². The molecule has 92 valence electrons. The molecule has 0 unspecified atom stereocenters. The van der Waals surface area contributed by atoms with Crippen molar-refractivity contribution in [1.29, 1.82) is 0 Å². The van der Waals surface area contributed by atoms with Crippen molar-refractivity contribution in [2.45, 2.75) is 6.54 Å². The van der Waals surface area contributed by atoms with Gasteiger partial charge in [0.05, 0.1) is 10.5 Å². The van der Waals surface area contributed by atoms with Crippen molar-refractivity contribution in [3.05, 3.63) is 64.2 Å². The molecule has 0 bridgehead atoms. The van der Waals surface area contributed by atoms with Crippen LogP contribution in [-0.2, 0) is 6.54 Å². The summed E-state index contributed by atoms with van der Waals surface area (Å²) in [5.74, 6) is 0. The van der Waals surface area contributed by atoms with Gasteiger partial charge in [0.1, 0.15) is 0 Å². The quantitative estimate of drug-likeness (QED) is 0.662. The van der Waals surface area contributed by atoms with Gasteiger partial charge in [-0.15, -0.1) is 0 Å². The van der Waals surface area contributed by atoms with Crippen molar-refractivity contribution >= 4 is 5.69 Å². The second-order valence-electron chi connectivity index (χ2n) is 4.00. The van der Waals surface area contributed by atoms with Crippen molar-refractivity contribution in [3.63, 3.8) is 0 Å². The highest BCUT2D eigenvalue weighted by Crippen LogP contribution is 2.29. The van der Waals surface area contributed by atoms with Gasteiger partial charge in [-0.1, -0.05) is 36.4 Å². The van der Waals surface area contributed by atoms with E-state index in [0.29, 0.717) is 5.56 Å². The first-order valence-corrected chi connectivity index (χ1v) is 5.69. The topological polar surface area (TPSA) is 55.2 Å². The molecule has 0 aliphatic rings. The number of hydrogen-bond acceptors (Lipinski definition) is 3. The maximum atomic E-state index is 11.0. The van der Waals surface area contributed by atoms with Gasteiger partial charge in [0.25, 0.3) is 5.69 Å². The third-order valence-electron chi connectivity index (χ3n) is 2.75. The van der Waals surface area contributed by atoms with Gasteiger partial charge >= 0.3 is 0 Å². The van der Waals surface area contributed by atoms with Gasteiger partial charge in [0.2, 0.25) is 0 Å². The zero-order chi connectivity index (χ0) is 13.0. The molecule has 0 spiro atoms. The maximum absolute atomic E-state index is 11.0. The lowest BCUT2D eigenvalue weighted by molar-refractivity contribution is -0.384. The smallest absolute Gasteiger partial charge is 0.277 e. The molecule has 0 aliphatic heterocycles. The highest BCUT2D eigenvalue weighted by molar-refractivity contribution is 5.73. The third-order valence-corrected chi connectivity index (χ3v) is 2.75. The number of nitrogens with zero attached hydrogens (tertiary/aromatic N) is 1. The van der Waals surface area contributed by atoms with Crippen LogP contribution in [0.15, 0.2) is 48.5 Å². The molecule has 2 rings (SSSR count). The molecule has 18 heavy (non-hydrogen) atoms. The summed E-state index contributed by atoms with van der Waals surface area (Å²) in [7, 11) is 1.88. The van der Waals surface area contributed by atoms with E-state index in [1.54, 1.807) is 12.1 Å². The van der Waals surface area contributed by atoms with E-state index in [1.165, 1.54) is 6.07 Å². The zero-order valence-corrected chi connectivity index (χ0v) is 10.1. The summed E-state index contributed by atoms with van der Waals surface area (Å²) in [6.07, 6.45) is 0. The Morgan fingerprint density at radius 2 is 1.78 bits per heavy atom. The third kappa shape index (κ3) is 2.55. The molecule has 4 nitrogen and oxygen atoms in total. The van der Waals surface area contributed by atoms with Gasteiger partial charge in [0, 0.05) is 12.6 Å². The molecule has 0 saturated heterocycles. The normalized spacial score (nSPS) is 10.3. The highest BCUT2D eigenvalue weighted by Gasteiger charge is 2.13. The average Bonchev–Trinajstić information content (AvgIpc) is 2.40. The molecule has 0 amide bonds. The minimum Gasteiger partial charge on any atom is -0.316 e. The van der Waals surface area contributed by atoms with Crippen LogP contribution in [-0.4, -0.2) is 12.0 Å². The van der Waals surface area contributed by atoms with E-state index < -0.39 is 0 Å². The van der Waals surface area contributed by atoms with Gasteiger partial charge in [-0.25, -0.2) is 0 Å². The Kier molecular flexibility index (Phi) is 3.69. The summed E-state index contributed by atoms with van der Waals surface area (Å²) in [6, 6.07) is 14.6. The Morgan fingerprint density at radius 3 is 2.39 bits per heavy atom. The van der Waals surface area contributed by atoms with E-state index >= 15 is 0 Å². The van der Waals surface area contributed by atoms with Gasteiger partial charge < -0.3 is 5.32 Å². The fourth-order valence-electron chi connectivity index (χ4n) is 1.88. The second-order valence-corrected chi connectivity index (χ2v) is 4.00. The standard InChI is InChI=1S/C14H14N2O2/c1-15-10-11-6-8-12(9-7-11)13-4-2-3-5-14(13)16(17)18/h2-9,15H,10H2,1H3. The molecule has 0 aromatic heterocycles. The van der Waals surface area contributed by atoms with Gasteiger partial charge in [-0.2, -0.15) is 0 Å². The maximum Gasteiger partial charge on any atom is 0.277 e. The lowest BCUT2D eigenvalue weighted by atomic mass is 10.0. The van der Waals surface area contributed by atoms with Crippen LogP contribution in [0.2, 0.25) is 0 Å². The molecule has 4 heteroatoms. The summed E-state index contributed by atoms with van der Waals surface area (Å²) in [5, 5.41) is 14.0. The number of rotatable bonds is 4. The van der Waals surface area contributed by atoms with Crippen LogP contribution < -0.4 is 5.32 Å². The van der Waals surface area contributed by atoms with E-state index in [0.717, 1.165) is 17.7 Å². The number of hydrogen-bond donors (Lipinski definition) is 1. The van der Waals surface area contributed by atoms with E-state index in [1.807, 2.05) is 37.4 Å². The molecular weight excluding hydrogens is 228 g/mol. The molecule has 2 aromatic rings. The minimum absolute atomic E-state index is 0.138. The molecule has 0 atom stereocenters. The molecule has 0 aliphatic carbocycles. The van der Waals surface area contributed by atoms with Crippen molar-refractivity contribution in [2.75, 3.05) is 7.05 Å². The Labute approximate surface area is 105 Å². The fraction of sp³-hybridized carbons (Fsp3) is 0.143. The van der Waals surface area contributed by atoms with Crippen LogP contribution in [0.3, 0.4) is 0 Å². The Hall–Kier alpha value is -2.20. The van der Waals surface area contributed by atoms with E-state index in [4.69, 9.17) is 0 Å². The average molecular weight is 242 g/mol. The van der Waals surface area contributed by atoms with E-state index in [2.05, 4.69) is 5.32 Å². The molecule has 1 N–H and O–H groups in total. The second kappa shape index (κ2) is 5.42. The molecular formula is C14H14N2O2. The lowest BCUT2D eigenvalue weighted by Crippen LogP contribution is -2.04. The van der Waals surface area contributed by atoms with Gasteiger partial charge in [-0.05, 0) is 24.2 Å². The zero-order valence-electron chi connectivity index (χ0n) is 10.1. The minimum atomic E-state index is -0.350. The highest BCUT2D eigenvalue weighted by atomic mass is 16.6. The van der Waals surface area contributed by atoms with E-state index in [-0.39, 0.29) is 10.6 Å². The Morgan fingerprint density at radius 1 is 1.11 bits per heavy atom. The molecule has 0 radical (unpaired) electrons. The fourth-order valence-corrected chi connectivity index (χ4v) is 1.88. The van der Waals surface area contributed by atoms with Crippen LogP contribution in [0.1, 0.15) is 5.56 Å². The monoisotopic (exact) mass is 242 g/mol. The van der Waals surface area contributed by atoms with Crippen molar-refractivity contribution in [1.82, 2.24) is 5.32 Å². The lowest BCUT2D eigenvalue weighted by Gasteiger charge is -2.05. The number of para-hydroxylation sites is 1. The van der Waals surface area contributed by atoms with Crippen LogP contribution >= 0.6 is 0 Å². The first-order valence-electron chi connectivity index (χ1n) is 5.69. The van der Waals surface area contributed by atoms with Gasteiger partial charge in [0.15, 0.2) is 0 Å². The predicted molar refractivity (Wildman–Crippen MR) is 71.3 cm³/mol. The number of nitrogens with one attached hydrogen (secondary N) is 1. The number of benzene rings is 2. The first-order chi connectivity index (χ1) is 8.72. The molecule has 2 aromatic carbocycles. The van der Waals surface area contributed by atoms with Crippen LogP contribution in [0, 0.1) is 10.1 Å². The largest absolute Gasteiger partial charge is 0.316 e.